The summed E-state index contributed by atoms with van der Waals surface area (Å²) in [5.74, 6) is -0.175. The standard InChI is InChI=1S/C46H76O9/c1-2-3-4-23-34-53-43(49)30-20-15-11-7-5-8-14-18-26-36-55-46(51)40-37-39-28-27-29-42(45(39)41(48)38-40)52-33-24-16-12-9-6-10-13-17-25-35-54-44(50)31-21-19-22-32-47/h20,27-30,40-41,47-48H,2-19,21-26,31-38H2,1H3/b30-20+. The van der Waals surface area contributed by atoms with E-state index >= 15 is 0 Å². The van der Waals surface area contributed by atoms with E-state index in [0.717, 1.165) is 120 Å². The average Bonchev–Trinajstić information content (AvgIpc) is 3.18. The Morgan fingerprint density at radius 1 is 0.673 bits per heavy atom. The number of allylic oxidation sites excluding steroid dienone is 1. The summed E-state index contributed by atoms with van der Waals surface area (Å²) in [6.07, 6.45) is 29.5. The van der Waals surface area contributed by atoms with Gasteiger partial charge in [0.1, 0.15) is 5.75 Å². The van der Waals surface area contributed by atoms with Gasteiger partial charge in [-0.3, -0.25) is 9.59 Å². The minimum Gasteiger partial charge on any atom is -0.493 e. The van der Waals surface area contributed by atoms with Crippen molar-refractivity contribution >= 4 is 17.9 Å². The number of hydrogen-bond donors (Lipinski definition) is 2. The molecule has 314 valence electrons. The summed E-state index contributed by atoms with van der Waals surface area (Å²) in [5.41, 5.74) is 1.80. The predicted molar refractivity (Wildman–Crippen MR) is 219 cm³/mol. The molecule has 0 bridgehead atoms. The van der Waals surface area contributed by atoms with Crippen LogP contribution in [-0.2, 0) is 35.0 Å². The second-order valence-electron chi connectivity index (χ2n) is 15.3. The fourth-order valence-electron chi connectivity index (χ4n) is 7.10. The Labute approximate surface area is 333 Å². The highest BCUT2D eigenvalue weighted by Crippen LogP contribution is 2.39. The molecule has 1 aromatic carbocycles. The number of unbranched alkanes of at least 4 members (excludes halogenated alkanes) is 20. The maximum atomic E-state index is 12.9. The number of rotatable bonds is 35. The predicted octanol–water partition coefficient (Wildman–Crippen LogP) is 10.6. The van der Waals surface area contributed by atoms with E-state index in [1.54, 1.807) is 6.08 Å². The molecule has 9 nitrogen and oxygen atoms in total. The van der Waals surface area contributed by atoms with Crippen molar-refractivity contribution in [3.05, 3.63) is 41.5 Å². The number of aliphatic hydroxyl groups excluding tert-OH is 2. The van der Waals surface area contributed by atoms with Crippen molar-refractivity contribution in [2.75, 3.05) is 33.0 Å². The third kappa shape index (κ3) is 24.4. The zero-order valence-electron chi connectivity index (χ0n) is 34.4. The van der Waals surface area contributed by atoms with Crippen molar-refractivity contribution < 1.29 is 43.5 Å². The molecule has 2 rings (SSSR count). The molecule has 2 atom stereocenters. The average molecular weight is 773 g/mol. The van der Waals surface area contributed by atoms with E-state index in [2.05, 4.69) is 6.92 Å². The Balaban J connectivity index is 1.46. The van der Waals surface area contributed by atoms with Crippen LogP contribution in [0.2, 0.25) is 0 Å². The van der Waals surface area contributed by atoms with Gasteiger partial charge in [0.25, 0.3) is 0 Å². The van der Waals surface area contributed by atoms with Crippen molar-refractivity contribution in [2.45, 2.75) is 186 Å². The van der Waals surface area contributed by atoms with Gasteiger partial charge in [-0.1, -0.05) is 128 Å². The van der Waals surface area contributed by atoms with Crippen LogP contribution in [0.5, 0.6) is 5.75 Å². The number of ether oxygens (including phenoxy) is 4. The van der Waals surface area contributed by atoms with E-state index in [4.69, 9.17) is 24.1 Å². The molecule has 0 spiro atoms. The van der Waals surface area contributed by atoms with E-state index in [9.17, 15) is 19.5 Å². The molecule has 1 aliphatic carbocycles. The molecule has 1 aliphatic rings. The van der Waals surface area contributed by atoms with Gasteiger partial charge in [-0.05, 0) is 75.8 Å². The number of fused-ring (bicyclic) bond motifs is 1. The fourth-order valence-corrected chi connectivity index (χ4v) is 7.10. The highest BCUT2D eigenvalue weighted by molar-refractivity contribution is 5.81. The molecule has 0 saturated heterocycles. The summed E-state index contributed by atoms with van der Waals surface area (Å²) < 4.78 is 22.3. The van der Waals surface area contributed by atoms with Crippen LogP contribution in [0.15, 0.2) is 30.4 Å². The highest BCUT2D eigenvalue weighted by atomic mass is 16.5. The lowest BCUT2D eigenvalue weighted by Crippen LogP contribution is -2.27. The summed E-state index contributed by atoms with van der Waals surface area (Å²) in [5, 5.41) is 19.8. The molecule has 0 saturated carbocycles. The molecule has 0 aromatic heterocycles. The first kappa shape index (κ1) is 48.2. The van der Waals surface area contributed by atoms with Gasteiger partial charge < -0.3 is 29.2 Å². The minimum atomic E-state index is -0.739. The monoisotopic (exact) mass is 773 g/mol. The molecule has 2 N–H and O–H groups in total. The first-order valence-electron chi connectivity index (χ1n) is 22.1. The van der Waals surface area contributed by atoms with Crippen LogP contribution in [0.3, 0.4) is 0 Å². The third-order valence-electron chi connectivity index (χ3n) is 10.4. The third-order valence-corrected chi connectivity index (χ3v) is 10.4. The van der Waals surface area contributed by atoms with Crippen molar-refractivity contribution in [1.29, 1.82) is 0 Å². The van der Waals surface area contributed by atoms with Crippen LogP contribution in [0, 0.1) is 5.92 Å². The van der Waals surface area contributed by atoms with E-state index in [1.807, 2.05) is 24.3 Å². The smallest absolute Gasteiger partial charge is 0.330 e. The summed E-state index contributed by atoms with van der Waals surface area (Å²) in [6.45, 7) is 4.42. The van der Waals surface area contributed by atoms with E-state index in [1.165, 1.54) is 51.4 Å². The first-order chi connectivity index (χ1) is 27.0. The van der Waals surface area contributed by atoms with Gasteiger partial charge in [-0.25, -0.2) is 4.79 Å². The highest BCUT2D eigenvalue weighted by Gasteiger charge is 2.33. The normalized spacial score (nSPS) is 15.2. The van der Waals surface area contributed by atoms with Gasteiger partial charge in [-0.2, -0.15) is 0 Å². The van der Waals surface area contributed by atoms with Gasteiger partial charge in [0.2, 0.25) is 0 Å². The Bertz CT molecular complexity index is 1170. The van der Waals surface area contributed by atoms with Crippen molar-refractivity contribution in [3.63, 3.8) is 0 Å². The van der Waals surface area contributed by atoms with Crippen LogP contribution in [-0.4, -0.2) is 61.2 Å². The maximum absolute atomic E-state index is 12.9. The van der Waals surface area contributed by atoms with Crippen molar-refractivity contribution in [1.82, 2.24) is 0 Å². The van der Waals surface area contributed by atoms with E-state index in [-0.39, 0.29) is 30.4 Å². The second kappa shape index (κ2) is 33.3. The summed E-state index contributed by atoms with van der Waals surface area (Å²) in [7, 11) is 0. The summed E-state index contributed by atoms with van der Waals surface area (Å²) >= 11 is 0. The Hall–Kier alpha value is -2.91. The second-order valence-corrected chi connectivity index (χ2v) is 15.3. The van der Waals surface area contributed by atoms with Crippen LogP contribution in [0.25, 0.3) is 0 Å². The number of benzene rings is 1. The molecular weight excluding hydrogens is 696 g/mol. The molecule has 2 unspecified atom stereocenters. The van der Waals surface area contributed by atoms with Crippen LogP contribution in [0.4, 0.5) is 0 Å². The molecule has 0 fully saturated rings. The first-order valence-corrected chi connectivity index (χ1v) is 22.1. The van der Waals surface area contributed by atoms with Gasteiger partial charge >= 0.3 is 17.9 Å². The van der Waals surface area contributed by atoms with Gasteiger partial charge in [-0.15, -0.1) is 0 Å². The Kier molecular flexibility index (Phi) is 29.2. The van der Waals surface area contributed by atoms with E-state index in [0.29, 0.717) is 45.7 Å². The lowest BCUT2D eigenvalue weighted by Gasteiger charge is -2.29. The SMILES string of the molecule is CCCCCCOC(=O)/C=C/CCCCCCCCCOC(=O)C1Cc2cccc(OCCCCCCCCCCCOC(=O)CCCCCO)c2C(O)C1. The van der Waals surface area contributed by atoms with Crippen LogP contribution < -0.4 is 4.74 Å². The zero-order chi connectivity index (χ0) is 39.6. The molecular formula is C46H76O9. The largest absolute Gasteiger partial charge is 0.493 e. The quantitative estimate of drug-likeness (QED) is 0.0300. The molecule has 55 heavy (non-hydrogen) atoms. The molecule has 0 radical (unpaired) electrons. The minimum absolute atomic E-state index is 0.122. The van der Waals surface area contributed by atoms with Gasteiger partial charge in [0.15, 0.2) is 0 Å². The van der Waals surface area contributed by atoms with Crippen molar-refractivity contribution in [2.24, 2.45) is 5.92 Å². The molecule has 9 heteroatoms. The number of carbonyl (C=O) groups is 3. The maximum Gasteiger partial charge on any atom is 0.330 e. The topological polar surface area (TPSA) is 129 Å². The number of carbonyl (C=O) groups excluding carboxylic acids is 3. The zero-order valence-corrected chi connectivity index (χ0v) is 34.4. The van der Waals surface area contributed by atoms with Crippen LogP contribution in [0.1, 0.15) is 191 Å². The van der Waals surface area contributed by atoms with E-state index < -0.39 is 6.10 Å². The fraction of sp³-hybridized carbons (Fsp3) is 0.761. The molecule has 1 aromatic rings. The van der Waals surface area contributed by atoms with Gasteiger partial charge in [0.05, 0.1) is 38.4 Å². The summed E-state index contributed by atoms with van der Waals surface area (Å²) in [4.78, 5) is 36.2. The summed E-state index contributed by atoms with van der Waals surface area (Å²) in [6, 6.07) is 5.86. The van der Waals surface area contributed by atoms with Crippen molar-refractivity contribution in [3.8, 4) is 5.75 Å². The number of aliphatic hydroxyl groups is 2. The number of hydrogen-bond acceptors (Lipinski definition) is 9. The molecule has 0 heterocycles. The van der Waals surface area contributed by atoms with Gasteiger partial charge in [0, 0.05) is 24.7 Å². The Morgan fingerprint density at radius 2 is 1.24 bits per heavy atom. The number of esters is 3. The lowest BCUT2D eigenvalue weighted by molar-refractivity contribution is -0.150. The molecule has 0 aliphatic heterocycles. The van der Waals surface area contributed by atoms with Crippen LogP contribution >= 0.6 is 0 Å². The molecule has 0 amide bonds. The lowest BCUT2D eigenvalue weighted by atomic mass is 9.81. The Morgan fingerprint density at radius 3 is 1.89 bits per heavy atom.